The average molecular weight is 206 g/mol. The Morgan fingerprint density at radius 3 is 2.33 bits per heavy atom. The molecule has 84 valence electrons. The van der Waals surface area contributed by atoms with Gasteiger partial charge in [-0.05, 0) is 31.1 Å². The van der Waals surface area contributed by atoms with Gasteiger partial charge in [0.15, 0.2) is 0 Å². The Labute approximate surface area is 92.7 Å². The Hall–Kier alpha value is -0.860. The molecule has 4 atom stereocenters. The highest BCUT2D eigenvalue weighted by Gasteiger charge is 2.36. The smallest absolute Gasteiger partial charge is 0.0400 e. The van der Waals surface area contributed by atoms with Gasteiger partial charge in [-0.15, -0.1) is 19.7 Å². The minimum atomic E-state index is -0.350. The van der Waals surface area contributed by atoms with Crippen molar-refractivity contribution in [2.24, 2.45) is 23.3 Å². The number of nitrogens with two attached hydrogens (primary N) is 2. The second-order valence-electron chi connectivity index (χ2n) is 4.50. The average Bonchev–Trinajstić information content (AvgIpc) is 2.38. The van der Waals surface area contributed by atoms with E-state index in [-0.39, 0.29) is 17.5 Å². The van der Waals surface area contributed by atoms with Crippen LogP contribution in [0.25, 0.3) is 0 Å². The first-order valence-electron chi connectivity index (χ1n) is 5.50. The standard InChI is InChI=1S/C13H22N2/c1-4-10-9-11(5-2)13(15,6-3)8-7-12(10)14/h4-6,10-12H,1-3,7-9,14-15H2. The molecule has 1 aliphatic carbocycles. The van der Waals surface area contributed by atoms with Gasteiger partial charge in [-0.3, -0.25) is 0 Å². The second-order valence-corrected chi connectivity index (χ2v) is 4.50. The summed E-state index contributed by atoms with van der Waals surface area (Å²) in [5.41, 5.74) is 12.0. The van der Waals surface area contributed by atoms with Crippen molar-refractivity contribution in [3.05, 3.63) is 38.0 Å². The quantitative estimate of drug-likeness (QED) is 0.548. The lowest BCUT2D eigenvalue weighted by Crippen LogP contribution is -2.43. The van der Waals surface area contributed by atoms with E-state index in [1.807, 2.05) is 18.2 Å². The summed E-state index contributed by atoms with van der Waals surface area (Å²) in [5, 5.41) is 0. The predicted octanol–water partition coefficient (Wildman–Crippen LogP) is 1.99. The third kappa shape index (κ3) is 2.39. The fourth-order valence-corrected chi connectivity index (χ4v) is 2.34. The summed E-state index contributed by atoms with van der Waals surface area (Å²) in [6.45, 7) is 11.5. The van der Waals surface area contributed by atoms with Crippen LogP contribution in [-0.4, -0.2) is 11.6 Å². The van der Waals surface area contributed by atoms with Gasteiger partial charge in [0.2, 0.25) is 0 Å². The lowest BCUT2D eigenvalue weighted by atomic mass is 9.79. The Morgan fingerprint density at radius 2 is 1.87 bits per heavy atom. The zero-order valence-corrected chi connectivity index (χ0v) is 9.36. The van der Waals surface area contributed by atoms with Crippen molar-refractivity contribution in [1.82, 2.24) is 0 Å². The Morgan fingerprint density at radius 1 is 1.20 bits per heavy atom. The van der Waals surface area contributed by atoms with Gasteiger partial charge >= 0.3 is 0 Å². The van der Waals surface area contributed by atoms with Gasteiger partial charge < -0.3 is 11.5 Å². The van der Waals surface area contributed by atoms with Crippen LogP contribution in [-0.2, 0) is 0 Å². The molecule has 0 saturated heterocycles. The third-order valence-electron chi connectivity index (χ3n) is 3.64. The molecule has 1 aliphatic rings. The molecule has 1 fully saturated rings. The lowest BCUT2D eigenvalue weighted by molar-refractivity contribution is 0.361. The molecule has 0 aromatic heterocycles. The highest BCUT2D eigenvalue weighted by molar-refractivity contribution is 5.13. The molecule has 0 amide bonds. The molecule has 0 aliphatic heterocycles. The summed E-state index contributed by atoms with van der Waals surface area (Å²) >= 11 is 0. The molecule has 1 rings (SSSR count). The van der Waals surface area contributed by atoms with Gasteiger partial charge in [-0.25, -0.2) is 0 Å². The molecule has 4 N–H and O–H groups in total. The van der Waals surface area contributed by atoms with E-state index in [0.717, 1.165) is 19.3 Å². The van der Waals surface area contributed by atoms with E-state index in [9.17, 15) is 0 Å². The maximum Gasteiger partial charge on any atom is 0.0400 e. The number of hydrogen-bond acceptors (Lipinski definition) is 2. The van der Waals surface area contributed by atoms with E-state index in [1.54, 1.807) is 0 Å². The van der Waals surface area contributed by atoms with E-state index >= 15 is 0 Å². The fraction of sp³-hybridized carbons (Fsp3) is 0.538. The van der Waals surface area contributed by atoms with Crippen LogP contribution >= 0.6 is 0 Å². The SMILES string of the molecule is C=CC1CC(C=C)C(N)(C=C)CCC1N. The van der Waals surface area contributed by atoms with Crippen molar-refractivity contribution in [3.63, 3.8) is 0 Å². The molecule has 0 aromatic rings. The maximum absolute atomic E-state index is 6.31. The van der Waals surface area contributed by atoms with Crippen molar-refractivity contribution < 1.29 is 0 Å². The van der Waals surface area contributed by atoms with Crippen molar-refractivity contribution >= 4 is 0 Å². The van der Waals surface area contributed by atoms with Crippen molar-refractivity contribution in [2.75, 3.05) is 0 Å². The number of rotatable bonds is 3. The summed E-state index contributed by atoms with van der Waals surface area (Å²) in [6, 6.07) is 0.162. The van der Waals surface area contributed by atoms with Crippen LogP contribution in [0.5, 0.6) is 0 Å². The summed E-state index contributed by atoms with van der Waals surface area (Å²) in [7, 11) is 0. The largest absolute Gasteiger partial charge is 0.327 e. The fourth-order valence-electron chi connectivity index (χ4n) is 2.34. The zero-order valence-electron chi connectivity index (χ0n) is 9.36. The summed E-state index contributed by atoms with van der Waals surface area (Å²) in [4.78, 5) is 0. The monoisotopic (exact) mass is 206 g/mol. The molecule has 2 nitrogen and oxygen atoms in total. The molecule has 0 radical (unpaired) electrons. The van der Waals surface area contributed by atoms with E-state index in [0.29, 0.717) is 5.92 Å². The molecule has 2 heteroatoms. The highest BCUT2D eigenvalue weighted by atomic mass is 14.8. The van der Waals surface area contributed by atoms with Gasteiger partial charge in [0.25, 0.3) is 0 Å². The van der Waals surface area contributed by atoms with Gasteiger partial charge in [0, 0.05) is 11.6 Å². The van der Waals surface area contributed by atoms with Gasteiger partial charge in [-0.2, -0.15) is 0 Å². The molecular formula is C13H22N2. The summed E-state index contributed by atoms with van der Waals surface area (Å²) in [5.74, 6) is 0.574. The minimum Gasteiger partial charge on any atom is -0.327 e. The molecule has 0 aromatic carbocycles. The van der Waals surface area contributed by atoms with Crippen LogP contribution in [0.2, 0.25) is 0 Å². The first-order valence-corrected chi connectivity index (χ1v) is 5.50. The topological polar surface area (TPSA) is 52.0 Å². The first kappa shape index (κ1) is 12.2. The van der Waals surface area contributed by atoms with E-state index in [4.69, 9.17) is 11.5 Å². The molecule has 15 heavy (non-hydrogen) atoms. The number of hydrogen-bond donors (Lipinski definition) is 2. The van der Waals surface area contributed by atoms with Crippen LogP contribution in [0.15, 0.2) is 38.0 Å². The Bertz CT molecular complexity index is 259. The third-order valence-corrected chi connectivity index (χ3v) is 3.64. The first-order chi connectivity index (χ1) is 7.07. The highest BCUT2D eigenvalue weighted by Crippen LogP contribution is 2.35. The maximum atomic E-state index is 6.31. The van der Waals surface area contributed by atoms with E-state index < -0.39 is 0 Å². The van der Waals surface area contributed by atoms with Gasteiger partial charge in [-0.1, -0.05) is 18.2 Å². The van der Waals surface area contributed by atoms with Crippen molar-refractivity contribution in [1.29, 1.82) is 0 Å². The van der Waals surface area contributed by atoms with Crippen LogP contribution in [0.1, 0.15) is 19.3 Å². The van der Waals surface area contributed by atoms with E-state index in [1.165, 1.54) is 0 Å². The lowest BCUT2D eigenvalue weighted by Gasteiger charge is -2.31. The van der Waals surface area contributed by atoms with Crippen LogP contribution in [0.4, 0.5) is 0 Å². The molecule has 1 saturated carbocycles. The second kappa shape index (κ2) is 4.77. The molecule has 0 bridgehead atoms. The van der Waals surface area contributed by atoms with Crippen LogP contribution in [0.3, 0.4) is 0 Å². The summed E-state index contributed by atoms with van der Waals surface area (Å²) < 4.78 is 0. The zero-order chi connectivity index (χ0) is 11.5. The van der Waals surface area contributed by atoms with Crippen molar-refractivity contribution in [3.8, 4) is 0 Å². The molecule has 0 spiro atoms. The molecule has 0 heterocycles. The predicted molar refractivity (Wildman–Crippen MR) is 66.3 cm³/mol. The Kier molecular flexibility index (Phi) is 3.89. The molecular weight excluding hydrogens is 184 g/mol. The van der Waals surface area contributed by atoms with Crippen LogP contribution < -0.4 is 11.5 Å². The van der Waals surface area contributed by atoms with E-state index in [2.05, 4.69) is 19.7 Å². The Balaban J connectivity index is 2.93. The summed E-state index contributed by atoms with van der Waals surface area (Å²) in [6.07, 6.45) is 8.43. The van der Waals surface area contributed by atoms with Crippen LogP contribution in [0, 0.1) is 11.8 Å². The molecule has 4 unspecified atom stereocenters. The van der Waals surface area contributed by atoms with Crippen molar-refractivity contribution in [2.45, 2.75) is 30.8 Å². The normalized spacial score (nSPS) is 41.6. The van der Waals surface area contributed by atoms with Gasteiger partial charge in [0.05, 0.1) is 0 Å². The minimum absolute atomic E-state index is 0.162. The van der Waals surface area contributed by atoms with Gasteiger partial charge in [0.1, 0.15) is 0 Å².